The predicted octanol–water partition coefficient (Wildman–Crippen LogP) is 3.50. The fourth-order valence-electron chi connectivity index (χ4n) is 2.50. The first-order chi connectivity index (χ1) is 9.27. The molecule has 3 N–H and O–H groups in total. The highest BCUT2D eigenvalue weighted by atomic mass is 35.5. The highest BCUT2D eigenvalue weighted by Gasteiger charge is 2.33. The molecule has 7 heteroatoms. The molecule has 1 aliphatic carbocycles. The van der Waals surface area contributed by atoms with Crippen LogP contribution in [0.5, 0.6) is 0 Å². The van der Waals surface area contributed by atoms with Gasteiger partial charge in [0.2, 0.25) is 5.91 Å². The molecule has 0 saturated heterocycles. The lowest BCUT2D eigenvalue weighted by atomic mass is 10.1. The van der Waals surface area contributed by atoms with Gasteiger partial charge in [0.1, 0.15) is 0 Å². The van der Waals surface area contributed by atoms with E-state index in [2.05, 4.69) is 5.32 Å². The lowest BCUT2D eigenvalue weighted by molar-refractivity contribution is -0.138. The van der Waals surface area contributed by atoms with Crippen molar-refractivity contribution in [3.8, 4) is 0 Å². The van der Waals surface area contributed by atoms with Crippen molar-refractivity contribution in [1.29, 1.82) is 0 Å². The Hall–Kier alpha value is -1.27. The van der Waals surface area contributed by atoms with Gasteiger partial charge in [-0.25, -0.2) is 0 Å². The van der Waals surface area contributed by atoms with E-state index in [4.69, 9.17) is 5.73 Å². The average Bonchev–Trinajstić information content (AvgIpc) is 2.77. The maximum atomic E-state index is 12.8. The van der Waals surface area contributed by atoms with Gasteiger partial charge in [0, 0.05) is 17.6 Å². The summed E-state index contributed by atoms with van der Waals surface area (Å²) in [7, 11) is 0. The molecule has 2 atom stereocenters. The molecule has 0 aliphatic heterocycles. The van der Waals surface area contributed by atoms with E-state index in [0.29, 0.717) is 12.8 Å². The molecule has 1 aromatic carbocycles. The number of alkyl halides is 3. The van der Waals surface area contributed by atoms with Gasteiger partial charge in [0.05, 0.1) is 5.56 Å². The van der Waals surface area contributed by atoms with Crippen molar-refractivity contribution in [3.05, 3.63) is 29.3 Å². The van der Waals surface area contributed by atoms with Gasteiger partial charge in [0.25, 0.3) is 0 Å². The van der Waals surface area contributed by atoms with Crippen LogP contribution in [0.3, 0.4) is 0 Å². The summed E-state index contributed by atoms with van der Waals surface area (Å²) in [5.41, 5.74) is 5.32. The van der Waals surface area contributed by atoms with Crippen LogP contribution < -0.4 is 11.1 Å². The zero-order chi connectivity index (χ0) is 14.9. The minimum Gasteiger partial charge on any atom is -0.328 e. The number of rotatable bonds is 2. The average molecular weight is 323 g/mol. The van der Waals surface area contributed by atoms with Crippen LogP contribution in [-0.4, -0.2) is 11.9 Å². The lowest BCUT2D eigenvalue weighted by Gasteiger charge is -2.14. The molecule has 118 valence electrons. The second-order valence-electron chi connectivity index (χ2n) is 5.29. The third-order valence-electron chi connectivity index (χ3n) is 3.65. The van der Waals surface area contributed by atoms with Crippen molar-refractivity contribution in [2.24, 2.45) is 11.7 Å². The van der Waals surface area contributed by atoms with Crippen molar-refractivity contribution in [1.82, 2.24) is 0 Å². The molecule has 0 aromatic heterocycles. The summed E-state index contributed by atoms with van der Waals surface area (Å²) >= 11 is 0. The van der Waals surface area contributed by atoms with Gasteiger partial charge in [-0.3, -0.25) is 4.79 Å². The number of anilines is 1. The monoisotopic (exact) mass is 322 g/mol. The molecular weight excluding hydrogens is 305 g/mol. The van der Waals surface area contributed by atoms with Crippen LogP contribution >= 0.6 is 12.4 Å². The van der Waals surface area contributed by atoms with E-state index >= 15 is 0 Å². The number of carbonyl (C=O) groups excluding carboxylic acids is 1. The number of hydrogen-bond donors (Lipinski definition) is 2. The summed E-state index contributed by atoms with van der Waals surface area (Å²) in [5.74, 6) is -0.462. The molecule has 0 radical (unpaired) electrons. The topological polar surface area (TPSA) is 55.1 Å². The Morgan fingerprint density at radius 2 is 2.00 bits per heavy atom. The Bertz CT molecular complexity index is 519. The summed E-state index contributed by atoms with van der Waals surface area (Å²) in [5, 5.41) is 2.55. The molecule has 1 saturated carbocycles. The van der Waals surface area contributed by atoms with Crippen LogP contribution in [0.1, 0.15) is 30.4 Å². The Morgan fingerprint density at radius 3 is 2.52 bits per heavy atom. The van der Waals surface area contributed by atoms with Crippen LogP contribution in [0.25, 0.3) is 0 Å². The number of carbonyl (C=O) groups is 1. The summed E-state index contributed by atoms with van der Waals surface area (Å²) in [4.78, 5) is 12.0. The molecule has 1 amide bonds. The zero-order valence-electron chi connectivity index (χ0n) is 11.5. The third kappa shape index (κ3) is 4.35. The summed E-state index contributed by atoms with van der Waals surface area (Å²) in [6.07, 6.45) is -2.37. The van der Waals surface area contributed by atoms with Crippen LogP contribution in [0.4, 0.5) is 18.9 Å². The number of amides is 1. The maximum Gasteiger partial charge on any atom is 0.416 e. The SMILES string of the molecule is Cc1ccc(NC(=O)C2CCC(N)C2)cc1C(F)(F)F.Cl. The number of benzene rings is 1. The first-order valence-electron chi connectivity index (χ1n) is 6.51. The summed E-state index contributed by atoms with van der Waals surface area (Å²) < 4.78 is 38.4. The second-order valence-corrected chi connectivity index (χ2v) is 5.29. The molecule has 0 bridgehead atoms. The Kier molecular flexibility index (Phi) is 5.64. The van der Waals surface area contributed by atoms with E-state index < -0.39 is 11.7 Å². The number of nitrogens with one attached hydrogen (secondary N) is 1. The van der Waals surface area contributed by atoms with Gasteiger partial charge in [-0.15, -0.1) is 12.4 Å². The van der Waals surface area contributed by atoms with Crippen molar-refractivity contribution < 1.29 is 18.0 Å². The number of nitrogens with two attached hydrogens (primary N) is 1. The molecule has 1 fully saturated rings. The van der Waals surface area contributed by atoms with Crippen LogP contribution in [0.2, 0.25) is 0 Å². The number of halogens is 4. The number of aryl methyl sites for hydroxylation is 1. The fraction of sp³-hybridized carbons (Fsp3) is 0.500. The van der Waals surface area contributed by atoms with Gasteiger partial charge in [-0.2, -0.15) is 13.2 Å². The first kappa shape index (κ1) is 17.8. The molecule has 2 rings (SSSR count). The molecule has 21 heavy (non-hydrogen) atoms. The Morgan fingerprint density at radius 1 is 1.33 bits per heavy atom. The normalized spacial score (nSPS) is 21.8. The van der Waals surface area contributed by atoms with E-state index in [1.807, 2.05) is 0 Å². The van der Waals surface area contributed by atoms with E-state index in [1.54, 1.807) is 0 Å². The third-order valence-corrected chi connectivity index (χ3v) is 3.65. The summed E-state index contributed by atoms with van der Waals surface area (Å²) in [6.45, 7) is 1.39. The van der Waals surface area contributed by atoms with Crippen molar-refractivity contribution >= 4 is 24.0 Å². The largest absolute Gasteiger partial charge is 0.416 e. The van der Waals surface area contributed by atoms with Crippen LogP contribution in [-0.2, 0) is 11.0 Å². The highest BCUT2D eigenvalue weighted by Crippen LogP contribution is 2.34. The fourth-order valence-corrected chi connectivity index (χ4v) is 2.50. The molecule has 3 nitrogen and oxygen atoms in total. The van der Waals surface area contributed by atoms with Crippen LogP contribution in [0.15, 0.2) is 18.2 Å². The quantitative estimate of drug-likeness (QED) is 0.875. The van der Waals surface area contributed by atoms with Gasteiger partial charge >= 0.3 is 6.18 Å². The molecule has 1 aliphatic rings. The molecule has 0 spiro atoms. The van der Waals surface area contributed by atoms with E-state index in [1.165, 1.54) is 19.1 Å². The van der Waals surface area contributed by atoms with E-state index in [9.17, 15) is 18.0 Å². The zero-order valence-corrected chi connectivity index (χ0v) is 12.4. The maximum absolute atomic E-state index is 12.8. The minimum atomic E-state index is -4.42. The van der Waals surface area contributed by atoms with Gasteiger partial charge in [-0.05, 0) is 43.9 Å². The smallest absolute Gasteiger partial charge is 0.328 e. The van der Waals surface area contributed by atoms with Crippen LogP contribution in [0, 0.1) is 12.8 Å². The Labute approximate surface area is 127 Å². The van der Waals surface area contributed by atoms with Gasteiger partial charge in [0.15, 0.2) is 0 Å². The molecular formula is C14H18ClF3N2O. The first-order valence-corrected chi connectivity index (χ1v) is 6.51. The Balaban J connectivity index is 0.00000220. The number of hydrogen-bond acceptors (Lipinski definition) is 2. The second kappa shape index (κ2) is 6.66. The van der Waals surface area contributed by atoms with Gasteiger partial charge in [-0.1, -0.05) is 6.07 Å². The molecule has 1 aromatic rings. The van der Waals surface area contributed by atoms with Crippen molar-refractivity contribution in [2.45, 2.75) is 38.4 Å². The predicted molar refractivity (Wildman–Crippen MR) is 77.4 cm³/mol. The lowest BCUT2D eigenvalue weighted by Crippen LogP contribution is -2.23. The standard InChI is InChI=1S/C14H17F3N2O.ClH/c1-8-2-5-11(7-12(8)14(15,16)17)19-13(20)9-3-4-10(18)6-9;/h2,5,7,9-10H,3-4,6,18H2,1H3,(H,19,20);1H. The van der Waals surface area contributed by atoms with Crippen molar-refractivity contribution in [2.75, 3.05) is 5.32 Å². The molecule has 0 heterocycles. The van der Waals surface area contributed by atoms with E-state index in [0.717, 1.165) is 12.5 Å². The minimum absolute atomic E-state index is 0. The van der Waals surface area contributed by atoms with E-state index in [-0.39, 0.29) is 41.5 Å². The highest BCUT2D eigenvalue weighted by molar-refractivity contribution is 5.92. The summed E-state index contributed by atoms with van der Waals surface area (Å²) in [6, 6.07) is 3.83. The van der Waals surface area contributed by atoms with Crippen molar-refractivity contribution in [3.63, 3.8) is 0 Å². The molecule has 2 unspecified atom stereocenters. The van der Waals surface area contributed by atoms with Gasteiger partial charge < -0.3 is 11.1 Å².